The maximum Gasteiger partial charge on any atom is 0.304 e. The summed E-state index contributed by atoms with van der Waals surface area (Å²) in [4.78, 5) is 11.1. The van der Waals surface area contributed by atoms with Crippen LogP contribution in [0.3, 0.4) is 0 Å². The Bertz CT molecular complexity index is 521. The monoisotopic (exact) mass is 324 g/mol. The highest BCUT2D eigenvalue weighted by molar-refractivity contribution is 7.99. The Kier molecular flexibility index (Phi) is 5.62. The van der Waals surface area contributed by atoms with Gasteiger partial charge in [0.25, 0.3) is 0 Å². The predicted octanol–water partition coefficient (Wildman–Crippen LogP) is 3.72. The van der Waals surface area contributed by atoms with Crippen molar-refractivity contribution in [2.24, 2.45) is 0 Å². The van der Waals surface area contributed by atoms with E-state index < -0.39 is 11.4 Å². The van der Waals surface area contributed by atoms with Crippen LogP contribution >= 0.6 is 11.8 Å². The Morgan fingerprint density at radius 2 is 2.18 bits per heavy atom. The number of aliphatic carboxylic acids is 1. The second kappa shape index (κ2) is 7.27. The van der Waals surface area contributed by atoms with Gasteiger partial charge in [-0.05, 0) is 36.3 Å². The molecule has 0 bridgehead atoms. The third kappa shape index (κ3) is 4.32. The molecule has 0 radical (unpaired) electrons. The van der Waals surface area contributed by atoms with E-state index in [0.717, 1.165) is 17.7 Å². The zero-order chi connectivity index (χ0) is 16.2. The first-order valence-electron chi connectivity index (χ1n) is 7.57. The van der Waals surface area contributed by atoms with Crippen LogP contribution < -0.4 is 9.47 Å². The summed E-state index contributed by atoms with van der Waals surface area (Å²) < 4.78 is 11.5. The quantitative estimate of drug-likeness (QED) is 0.864. The molecule has 1 heterocycles. The van der Waals surface area contributed by atoms with Crippen LogP contribution in [0.2, 0.25) is 0 Å². The van der Waals surface area contributed by atoms with E-state index in [-0.39, 0.29) is 12.5 Å². The molecule has 1 atom stereocenters. The van der Waals surface area contributed by atoms with E-state index in [4.69, 9.17) is 14.6 Å². The zero-order valence-electron chi connectivity index (χ0n) is 13.4. The van der Waals surface area contributed by atoms with Crippen molar-refractivity contribution in [1.29, 1.82) is 0 Å². The van der Waals surface area contributed by atoms with Gasteiger partial charge in [-0.3, -0.25) is 4.79 Å². The molecule has 1 aliphatic heterocycles. The van der Waals surface area contributed by atoms with E-state index in [9.17, 15) is 4.79 Å². The first kappa shape index (κ1) is 17.0. The molecule has 0 aromatic heterocycles. The number of hydrogen-bond donors (Lipinski definition) is 1. The van der Waals surface area contributed by atoms with E-state index in [2.05, 4.69) is 0 Å². The molecule has 0 spiro atoms. The highest BCUT2D eigenvalue weighted by atomic mass is 32.2. The minimum Gasteiger partial charge on any atom is -0.493 e. The van der Waals surface area contributed by atoms with Gasteiger partial charge in [-0.1, -0.05) is 19.9 Å². The van der Waals surface area contributed by atoms with Crippen molar-refractivity contribution in [1.82, 2.24) is 0 Å². The van der Waals surface area contributed by atoms with E-state index in [1.165, 1.54) is 12.2 Å². The Balaban J connectivity index is 2.23. The lowest BCUT2D eigenvalue weighted by molar-refractivity contribution is -0.138. The van der Waals surface area contributed by atoms with Gasteiger partial charge in [0.05, 0.1) is 13.5 Å². The third-order valence-electron chi connectivity index (χ3n) is 3.95. The van der Waals surface area contributed by atoms with Crippen LogP contribution in [0.4, 0.5) is 0 Å². The lowest BCUT2D eigenvalue weighted by Crippen LogP contribution is -2.25. The SMILES string of the molecule is COc1ccc(C(C)(C)CC(=O)O)cc1OC1CCCSC1. The van der Waals surface area contributed by atoms with E-state index >= 15 is 0 Å². The normalized spacial score (nSPS) is 18.8. The Morgan fingerprint density at radius 1 is 1.41 bits per heavy atom. The molecule has 1 N–H and O–H groups in total. The molecule has 0 amide bonds. The lowest BCUT2D eigenvalue weighted by atomic mass is 9.81. The number of rotatable bonds is 6. The van der Waals surface area contributed by atoms with Crippen molar-refractivity contribution >= 4 is 17.7 Å². The van der Waals surface area contributed by atoms with Crippen molar-refractivity contribution in [2.45, 2.75) is 44.6 Å². The minimum absolute atomic E-state index is 0.0814. The van der Waals surface area contributed by atoms with E-state index in [1.54, 1.807) is 7.11 Å². The number of benzene rings is 1. The number of methoxy groups -OCH3 is 1. The van der Waals surface area contributed by atoms with Gasteiger partial charge in [-0.2, -0.15) is 11.8 Å². The first-order chi connectivity index (χ1) is 10.4. The lowest BCUT2D eigenvalue weighted by Gasteiger charge is -2.27. The topological polar surface area (TPSA) is 55.8 Å². The number of hydrogen-bond acceptors (Lipinski definition) is 4. The average molecular weight is 324 g/mol. The molecule has 0 saturated carbocycles. The Labute approximate surface area is 136 Å². The molecule has 22 heavy (non-hydrogen) atoms. The van der Waals surface area contributed by atoms with Gasteiger partial charge in [0.1, 0.15) is 6.10 Å². The minimum atomic E-state index is -0.799. The fraction of sp³-hybridized carbons (Fsp3) is 0.588. The molecule has 1 saturated heterocycles. The molecule has 1 aromatic rings. The van der Waals surface area contributed by atoms with Crippen molar-refractivity contribution in [3.05, 3.63) is 23.8 Å². The van der Waals surface area contributed by atoms with Crippen molar-refractivity contribution in [2.75, 3.05) is 18.6 Å². The summed E-state index contributed by atoms with van der Waals surface area (Å²) in [5.74, 6) is 2.80. The Hall–Kier alpha value is -1.36. The van der Waals surface area contributed by atoms with Crippen LogP contribution in [-0.2, 0) is 10.2 Å². The average Bonchev–Trinajstić information content (AvgIpc) is 2.47. The molecule has 0 aliphatic carbocycles. The molecule has 2 rings (SSSR count). The van der Waals surface area contributed by atoms with E-state index in [0.29, 0.717) is 11.5 Å². The van der Waals surface area contributed by atoms with Gasteiger partial charge >= 0.3 is 5.97 Å². The summed E-state index contributed by atoms with van der Waals surface area (Å²) in [5.41, 5.74) is 0.506. The third-order valence-corrected chi connectivity index (χ3v) is 5.14. The smallest absolute Gasteiger partial charge is 0.304 e. The van der Waals surface area contributed by atoms with E-state index in [1.807, 2.05) is 43.8 Å². The summed E-state index contributed by atoms with van der Waals surface area (Å²) in [6, 6.07) is 5.72. The molecule has 1 aromatic carbocycles. The standard InChI is InChI=1S/C17H24O4S/c1-17(2,10-16(18)19)12-6-7-14(20-3)15(9-12)21-13-5-4-8-22-11-13/h6-7,9,13H,4-5,8,10-11H2,1-3H3,(H,18,19). The molecule has 1 fully saturated rings. The van der Waals surface area contributed by atoms with Crippen molar-refractivity contribution in [3.8, 4) is 11.5 Å². The van der Waals surface area contributed by atoms with Gasteiger partial charge in [0.2, 0.25) is 0 Å². The highest BCUT2D eigenvalue weighted by Gasteiger charge is 2.26. The summed E-state index contributed by atoms with van der Waals surface area (Å²) in [6.07, 6.45) is 2.50. The largest absolute Gasteiger partial charge is 0.493 e. The molecular formula is C17H24O4S. The number of thioether (sulfide) groups is 1. The summed E-state index contributed by atoms with van der Waals surface area (Å²) in [5, 5.41) is 9.08. The van der Waals surface area contributed by atoms with Gasteiger partial charge in [-0.15, -0.1) is 0 Å². The van der Waals surface area contributed by atoms with Crippen LogP contribution in [0.5, 0.6) is 11.5 Å². The van der Waals surface area contributed by atoms with Crippen LogP contribution in [0.1, 0.15) is 38.7 Å². The van der Waals surface area contributed by atoms with Gasteiger partial charge < -0.3 is 14.6 Å². The molecule has 5 heteroatoms. The number of carbonyl (C=O) groups is 1. The molecule has 122 valence electrons. The Morgan fingerprint density at radius 3 is 2.77 bits per heavy atom. The zero-order valence-corrected chi connectivity index (χ0v) is 14.2. The second-order valence-electron chi connectivity index (χ2n) is 6.28. The fourth-order valence-electron chi connectivity index (χ4n) is 2.65. The van der Waals surface area contributed by atoms with Gasteiger partial charge in [0.15, 0.2) is 11.5 Å². The van der Waals surface area contributed by atoms with Crippen molar-refractivity contribution < 1.29 is 19.4 Å². The van der Waals surface area contributed by atoms with Gasteiger partial charge in [0, 0.05) is 11.2 Å². The molecule has 1 aliphatic rings. The van der Waals surface area contributed by atoms with Crippen LogP contribution in [0.15, 0.2) is 18.2 Å². The highest BCUT2D eigenvalue weighted by Crippen LogP contribution is 2.36. The van der Waals surface area contributed by atoms with Crippen LogP contribution in [-0.4, -0.2) is 35.8 Å². The molecule has 1 unspecified atom stereocenters. The number of carboxylic acids is 1. The maximum absolute atomic E-state index is 11.1. The van der Waals surface area contributed by atoms with Crippen molar-refractivity contribution in [3.63, 3.8) is 0 Å². The second-order valence-corrected chi connectivity index (χ2v) is 7.43. The number of carboxylic acid groups (broad SMARTS) is 1. The van der Waals surface area contributed by atoms with Crippen LogP contribution in [0, 0.1) is 0 Å². The summed E-state index contributed by atoms with van der Waals surface area (Å²) in [6.45, 7) is 3.87. The number of ether oxygens (including phenoxy) is 2. The first-order valence-corrected chi connectivity index (χ1v) is 8.72. The van der Waals surface area contributed by atoms with Gasteiger partial charge in [-0.25, -0.2) is 0 Å². The molecule has 4 nitrogen and oxygen atoms in total. The molecular weight excluding hydrogens is 300 g/mol. The maximum atomic E-state index is 11.1. The van der Waals surface area contributed by atoms with Crippen LogP contribution in [0.25, 0.3) is 0 Å². The summed E-state index contributed by atoms with van der Waals surface area (Å²) in [7, 11) is 1.62. The predicted molar refractivity (Wildman–Crippen MR) is 89.2 cm³/mol. The fourth-order valence-corrected chi connectivity index (χ4v) is 3.69. The summed E-state index contributed by atoms with van der Waals surface area (Å²) >= 11 is 1.91.